The number of likely N-dealkylation sites (tertiary alicyclic amines) is 1. The smallest absolute Gasteiger partial charge is 0.315 e. The van der Waals surface area contributed by atoms with Gasteiger partial charge < -0.3 is 68.7 Å². The molecule has 6 atom stereocenters. The second kappa shape index (κ2) is 46.9. The van der Waals surface area contributed by atoms with E-state index in [0.29, 0.717) is 116 Å². The van der Waals surface area contributed by atoms with Gasteiger partial charge in [0.2, 0.25) is 17.7 Å². The third-order valence-corrected chi connectivity index (χ3v) is 20.5. The summed E-state index contributed by atoms with van der Waals surface area (Å²) in [7, 11) is 0. The number of fused-ring (bicyclic) bond motifs is 1. The van der Waals surface area contributed by atoms with Crippen molar-refractivity contribution in [2.45, 2.75) is 196 Å². The maximum absolute atomic E-state index is 15.0. The molecule has 30 heteroatoms. The van der Waals surface area contributed by atoms with Crippen LogP contribution in [0.5, 0.6) is 0 Å². The van der Waals surface area contributed by atoms with Gasteiger partial charge in [-0.25, -0.2) is 14.6 Å². The molecule has 4 heterocycles. The summed E-state index contributed by atoms with van der Waals surface area (Å²) < 4.78 is 0. The van der Waals surface area contributed by atoms with Crippen LogP contribution in [0.1, 0.15) is 162 Å². The molecule has 3 aromatic carbocycles. The number of pyridine rings is 1. The number of nitrogens with one attached hydrogen (secondary N) is 6. The normalized spacial score (nSPS) is 16.7. The minimum absolute atomic E-state index is 0.0101. The fraction of sp³-hybridized carbons (Fsp3) is 0.553. The van der Waals surface area contributed by atoms with Crippen LogP contribution in [0.3, 0.4) is 0 Å². The van der Waals surface area contributed by atoms with Gasteiger partial charge in [0.1, 0.15) is 17.6 Å². The van der Waals surface area contributed by atoms with Gasteiger partial charge in [-0.15, -0.1) is 0 Å². The number of unbranched alkanes of at least 4 members (excludes halogenated alkanes) is 6. The molecule has 3 aliphatic heterocycles. The molecule has 5 amide bonds. The Kier molecular flexibility index (Phi) is 37.7. The van der Waals surface area contributed by atoms with Crippen molar-refractivity contribution < 1.29 is 74.3 Å². The largest absolute Gasteiger partial charge is 0.370 e. The number of guanidine groups is 1. The number of aromatic nitrogens is 1. The number of hydrogen-bond donors (Lipinski definition) is 14. The number of anilines is 2. The van der Waals surface area contributed by atoms with Crippen molar-refractivity contribution >= 4 is 87.5 Å². The number of ketones is 3. The summed E-state index contributed by atoms with van der Waals surface area (Å²) in [6.45, 7) is 0.945. The molecule has 1 aromatic heterocycles. The number of rotatable bonds is 48. The summed E-state index contributed by atoms with van der Waals surface area (Å²) in [4.78, 5) is 116. The van der Waals surface area contributed by atoms with Crippen molar-refractivity contribution in [1.82, 2.24) is 41.0 Å². The lowest BCUT2D eigenvalue weighted by Crippen LogP contribution is -2.56. The zero-order valence-electron chi connectivity index (χ0n) is 60.4. The summed E-state index contributed by atoms with van der Waals surface area (Å²) in [6, 6.07) is 25.6. The van der Waals surface area contributed by atoms with E-state index in [9.17, 15) is 54.0 Å². The fourth-order valence-corrected chi connectivity index (χ4v) is 15.2. The molecule has 578 valence electrons. The molecule has 0 spiro atoms. The molecule has 6 unspecified atom stereocenters. The van der Waals surface area contributed by atoms with Crippen molar-refractivity contribution in [3.8, 4) is 11.8 Å². The number of Topliss-reactive ketones (excluding diaryl/α,β-unsaturated/α-hetero) is 3. The molecule has 3 saturated heterocycles. The number of nitrogens with two attached hydrogens (primary N) is 2. The Balaban J connectivity index is 0.868. The number of carbonyl (C=O) groups is 7. The van der Waals surface area contributed by atoms with Crippen molar-refractivity contribution in [3.63, 3.8) is 0 Å². The first kappa shape index (κ1) is 85.2. The van der Waals surface area contributed by atoms with E-state index in [-0.39, 0.29) is 143 Å². The Morgan fingerprint density at radius 2 is 1.33 bits per heavy atom. The molecule has 3 aliphatic rings. The average Bonchev–Trinajstić information content (AvgIpc) is 1.52. The van der Waals surface area contributed by atoms with Gasteiger partial charge in [0.15, 0.2) is 29.4 Å². The molecular weight excluding hydrogens is 1400 g/mol. The first-order chi connectivity index (χ1) is 51.2. The zero-order chi connectivity index (χ0) is 76.0. The second-order valence-corrected chi connectivity index (χ2v) is 29.0. The number of thiocarbonyl (C=S) groups is 1. The van der Waals surface area contributed by atoms with Gasteiger partial charge in [0, 0.05) is 143 Å². The van der Waals surface area contributed by atoms with E-state index in [1.165, 1.54) is 0 Å². The molecule has 7 rings (SSSR count). The predicted octanol–water partition coefficient (Wildman–Crippen LogP) is 5.66. The fourth-order valence-electron chi connectivity index (χ4n) is 13.4. The molecule has 106 heavy (non-hydrogen) atoms. The van der Waals surface area contributed by atoms with E-state index in [2.05, 4.69) is 58.5 Å². The molecule has 0 bridgehead atoms. The highest BCUT2D eigenvalue weighted by Gasteiger charge is 2.43. The number of carbonyl (C=O) groups excluding carboxylic acids is 7. The number of amides is 5. The molecule has 3 fully saturated rings. The van der Waals surface area contributed by atoms with Gasteiger partial charge in [-0.05, 0) is 143 Å². The SMILES string of the molecule is NC(N)=NCCCC(CC(=O)C1CCCCN1C(=O)C(Cc1ccccc1)NC(=S)Nc1ccc(C#Cc2cc(CN(CCOO)CC(O)O)nc(CN(CCOO)CC(O)O)c2)cc1)C(=O)Nc1ccc(CC(=O)CCCCCNC(=O)CCCCCCC(=O)CCCCC2SCC3NC(=O)NC32)cc1. The van der Waals surface area contributed by atoms with Gasteiger partial charge in [0.25, 0.3) is 0 Å². The molecule has 4 aromatic rings. The quantitative estimate of drug-likeness (QED) is 0.00292. The van der Waals surface area contributed by atoms with Crippen LogP contribution in [0.15, 0.2) is 96.0 Å². The highest BCUT2D eigenvalue weighted by Crippen LogP contribution is 2.34. The molecule has 0 radical (unpaired) electrons. The van der Waals surface area contributed by atoms with Crippen LogP contribution in [0, 0.1) is 17.8 Å². The van der Waals surface area contributed by atoms with Crippen LogP contribution in [0.25, 0.3) is 0 Å². The number of aliphatic hydroxyl groups excluding tert-OH is 2. The van der Waals surface area contributed by atoms with Gasteiger partial charge in [-0.3, -0.25) is 59.1 Å². The van der Waals surface area contributed by atoms with Gasteiger partial charge >= 0.3 is 6.03 Å². The maximum Gasteiger partial charge on any atom is 0.315 e. The van der Waals surface area contributed by atoms with E-state index < -0.39 is 30.6 Å². The van der Waals surface area contributed by atoms with Gasteiger partial charge in [-0.1, -0.05) is 80.0 Å². The first-order valence-corrected chi connectivity index (χ1v) is 38.4. The van der Waals surface area contributed by atoms with Crippen LogP contribution in [-0.2, 0) is 64.5 Å². The standard InChI is InChI=1S/C76H107N13O15S2/c77-74(78)80-36-15-18-56(72(98)82-57-33-29-54(30-34-57)44-62(91)21-8-4-13-35-79-68(93)24-9-2-1-7-19-61(90)20-10-11-23-67-71-64(51-106-67)84-75(100)86-71)46-66(92)65-22-12-14-37-89(65)73(99)63(45-53-16-5-3-6-17-53)85-76(105)83-58-31-27-52(28-32-58)25-26-55-42-59(47-87(38-40-103-101)49-69(94)95)81-60(43-55)48-88(39-41-104-102)50-70(96)97/h3,5-6,16-17,27-34,42-43,56,63-65,67,69-71,94-97,101-102H,1-2,4,7-15,18-24,35-41,44-51H2,(H,79,93)(H,82,98)(H4,77,78,80)(H2,83,85,105)(H2,84,86,100). The Bertz CT molecular complexity index is 3490. The number of aliphatic imine (C=N–C) groups is 1. The molecular formula is C76H107N13O15S2. The Morgan fingerprint density at radius 1 is 0.717 bits per heavy atom. The molecule has 16 N–H and O–H groups in total. The van der Waals surface area contributed by atoms with E-state index in [0.717, 1.165) is 74.7 Å². The number of hydrogen-bond acceptors (Lipinski definition) is 21. The van der Waals surface area contributed by atoms with Crippen LogP contribution < -0.4 is 43.4 Å². The van der Waals surface area contributed by atoms with Gasteiger partial charge in [0.05, 0.1) is 42.7 Å². The third kappa shape index (κ3) is 31.8. The number of benzene rings is 3. The number of urea groups is 1. The molecule has 28 nitrogen and oxygen atoms in total. The predicted molar refractivity (Wildman–Crippen MR) is 408 cm³/mol. The van der Waals surface area contributed by atoms with Crippen molar-refractivity contribution in [2.75, 3.05) is 75.4 Å². The van der Waals surface area contributed by atoms with Crippen LogP contribution in [0.2, 0.25) is 0 Å². The number of thioether (sulfide) groups is 1. The highest BCUT2D eigenvalue weighted by molar-refractivity contribution is 8.00. The zero-order valence-corrected chi connectivity index (χ0v) is 62.0. The number of nitrogens with zero attached hydrogens (tertiary/aromatic N) is 5. The van der Waals surface area contributed by atoms with E-state index >= 15 is 0 Å². The summed E-state index contributed by atoms with van der Waals surface area (Å²) in [5.41, 5.74) is 16.1. The van der Waals surface area contributed by atoms with E-state index in [1.807, 2.05) is 42.1 Å². The summed E-state index contributed by atoms with van der Waals surface area (Å²) in [5, 5.41) is 76.0. The maximum atomic E-state index is 15.0. The topological polar surface area (TPSA) is 419 Å². The summed E-state index contributed by atoms with van der Waals surface area (Å²) >= 11 is 7.75. The van der Waals surface area contributed by atoms with E-state index in [1.54, 1.807) is 75.4 Å². The number of piperidine rings is 1. The van der Waals surface area contributed by atoms with Crippen LogP contribution >= 0.6 is 24.0 Å². The monoisotopic (exact) mass is 1510 g/mol. The third-order valence-electron chi connectivity index (χ3n) is 18.7. The Labute approximate surface area is 630 Å². The van der Waals surface area contributed by atoms with Crippen molar-refractivity contribution in [2.24, 2.45) is 22.4 Å². The minimum Gasteiger partial charge on any atom is -0.370 e. The minimum atomic E-state index is -1.69. The Hall–Kier alpha value is -8.03. The highest BCUT2D eigenvalue weighted by atomic mass is 32.2. The lowest BCUT2D eigenvalue weighted by molar-refractivity contribution is -0.245. The van der Waals surface area contributed by atoms with Crippen molar-refractivity contribution in [1.29, 1.82) is 0 Å². The van der Waals surface area contributed by atoms with Crippen LogP contribution in [0.4, 0.5) is 16.2 Å². The van der Waals surface area contributed by atoms with Gasteiger partial charge in [-0.2, -0.15) is 11.8 Å². The molecule has 0 saturated carbocycles. The molecule has 0 aliphatic carbocycles. The van der Waals surface area contributed by atoms with E-state index in [4.69, 9.17) is 39.2 Å². The number of aliphatic hydroxyl groups is 4. The second-order valence-electron chi connectivity index (χ2n) is 27.3. The van der Waals surface area contributed by atoms with Crippen molar-refractivity contribution in [3.05, 3.63) is 125 Å². The lowest BCUT2D eigenvalue weighted by atomic mass is 9.88. The first-order valence-electron chi connectivity index (χ1n) is 36.9. The van der Waals surface area contributed by atoms with Crippen LogP contribution in [-0.4, -0.2) is 210 Å². The average molecular weight is 1510 g/mol. The lowest BCUT2D eigenvalue weighted by Gasteiger charge is -2.38. The summed E-state index contributed by atoms with van der Waals surface area (Å²) in [5.74, 6) is 5.75. The summed E-state index contributed by atoms with van der Waals surface area (Å²) in [6.07, 6.45) is 9.86. The Morgan fingerprint density at radius 3 is 1.98 bits per heavy atom.